The molecule has 0 bridgehead atoms. The van der Waals surface area contributed by atoms with E-state index in [-0.39, 0.29) is 24.7 Å². The van der Waals surface area contributed by atoms with Crippen LogP contribution in [0.15, 0.2) is 40.1 Å². The number of nitrogens with one attached hydrogen (secondary N) is 2. The van der Waals surface area contributed by atoms with E-state index in [4.69, 9.17) is 17.3 Å². The minimum atomic E-state index is -0.525. The van der Waals surface area contributed by atoms with Crippen LogP contribution in [0.4, 0.5) is 5.69 Å². The molecule has 0 saturated carbocycles. The van der Waals surface area contributed by atoms with Gasteiger partial charge in [-0.05, 0) is 18.2 Å². The minimum Gasteiger partial charge on any atom is -0.398 e. The maximum absolute atomic E-state index is 11.9. The lowest BCUT2D eigenvalue weighted by molar-refractivity contribution is 0.0953. The molecule has 8 heteroatoms. The molecule has 110 valence electrons. The molecule has 2 aromatic rings. The number of carbonyl (C=O) groups is 1. The summed E-state index contributed by atoms with van der Waals surface area (Å²) >= 11 is 5.76. The molecular weight excluding hydrogens is 296 g/mol. The number of nitrogens with two attached hydrogens (primary N) is 1. The van der Waals surface area contributed by atoms with Gasteiger partial charge in [-0.25, -0.2) is 4.79 Å². The number of hydrogen-bond acceptors (Lipinski definition) is 4. The summed E-state index contributed by atoms with van der Waals surface area (Å²) < 4.78 is 1.28. The number of anilines is 1. The molecule has 0 atom stereocenters. The molecule has 0 spiro atoms. The predicted molar refractivity (Wildman–Crippen MR) is 79.5 cm³/mol. The van der Waals surface area contributed by atoms with Gasteiger partial charge in [0.15, 0.2) is 0 Å². The van der Waals surface area contributed by atoms with Crippen LogP contribution < -0.4 is 22.3 Å². The molecule has 1 aromatic heterocycles. The molecule has 0 aliphatic carbocycles. The highest BCUT2D eigenvalue weighted by molar-refractivity contribution is 6.31. The van der Waals surface area contributed by atoms with Crippen molar-refractivity contribution >= 4 is 23.2 Å². The molecule has 1 aromatic carbocycles. The van der Waals surface area contributed by atoms with Crippen molar-refractivity contribution in [2.45, 2.75) is 6.54 Å². The molecule has 0 aliphatic rings. The fourth-order valence-electron chi connectivity index (χ4n) is 1.75. The number of hydrogen-bond donors (Lipinski definition) is 3. The lowest BCUT2D eigenvalue weighted by Crippen LogP contribution is -2.34. The highest BCUT2D eigenvalue weighted by atomic mass is 35.5. The zero-order valence-electron chi connectivity index (χ0n) is 10.9. The molecule has 0 aliphatic heterocycles. The number of nitrogens with zero attached hydrogens (tertiary/aromatic N) is 1. The normalized spacial score (nSPS) is 10.3. The molecule has 21 heavy (non-hydrogen) atoms. The Bertz CT molecular complexity index is 781. The molecule has 0 radical (unpaired) electrons. The van der Waals surface area contributed by atoms with Crippen LogP contribution in [0.2, 0.25) is 5.02 Å². The van der Waals surface area contributed by atoms with E-state index >= 15 is 0 Å². The number of carbonyl (C=O) groups excluding carboxylic acids is 1. The van der Waals surface area contributed by atoms with Gasteiger partial charge in [0.25, 0.3) is 11.5 Å². The van der Waals surface area contributed by atoms with Crippen molar-refractivity contribution in [1.82, 2.24) is 14.9 Å². The highest BCUT2D eigenvalue weighted by Gasteiger charge is 2.09. The number of H-pyrrole nitrogens is 1. The maximum atomic E-state index is 11.9. The second-order valence-corrected chi connectivity index (χ2v) is 4.73. The summed E-state index contributed by atoms with van der Waals surface area (Å²) in [6, 6.07) is 5.82. The summed E-state index contributed by atoms with van der Waals surface area (Å²) in [6.07, 6.45) is 1.37. The van der Waals surface area contributed by atoms with E-state index in [1.54, 1.807) is 6.07 Å². The number of nitrogen functional groups attached to an aromatic ring is 1. The van der Waals surface area contributed by atoms with Crippen molar-refractivity contribution in [3.8, 4) is 0 Å². The van der Waals surface area contributed by atoms with E-state index in [1.807, 2.05) is 0 Å². The third-order valence-electron chi connectivity index (χ3n) is 2.79. The van der Waals surface area contributed by atoms with Gasteiger partial charge >= 0.3 is 5.69 Å². The Morgan fingerprint density at radius 1 is 1.33 bits per heavy atom. The average molecular weight is 309 g/mol. The van der Waals surface area contributed by atoms with Gasteiger partial charge in [0.1, 0.15) is 0 Å². The van der Waals surface area contributed by atoms with Crippen LogP contribution >= 0.6 is 11.6 Å². The van der Waals surface area contributed by atoms with Crippen molar-refractivity contribution in [3.05, 3.63) is 61.9 Å². The van der Waals surface area contributed by atoms with E-state index in [1.165, 1.54) is 29.0 Å². The highest BCUT2D eigenvalue weighted by Crippen LogP contribution is 2.17. The Morgan fingerprint density at radius 2 is 2.10 bits per heavy atom. The Morgan fingerprint density at radius 3 is 2.76 bits per heavy atom. The molecule has 0 fully saturated rings. The SMILES string of the molecule is Nc1cc(Cl)ccc1C(=O)NCCn1ccc(=O)[nH]c1=O. The maximum Gasteiger partial charge on any atom is 0.328 e. The molecule has 1 heterocycles. The minimum absolute atomic E-state index is 0.215. The Balaban J connectivity index is 1.98. The quantitative estimate of drug-likeness (QED) is 0.701. The van der Waals surface area contributed by atoms with Gasteiger partial charge in [0.05, 0.1) is 5.56 Å². The van der Waals surface area contributed by atoms with Crippen LogP contribution in [-0.4, -0.2) is 22.0 Å². The van der Waals surface area contributed by atoms with Crippen LogP contribution in [0, 0.1) is 0 Å². The van der Waals surface area contributed by atoms with Crippen LogP contribution in [0.3, 0.4) is 0 Å². The van der Waals surface area contributed by atoms with Gasteiger partial charge in [0.2, 0.25) is 0 Å². The van der Waals surface area contributed by atoms with Crippen LogP contribution in [0.25, 0.3) is 0 Å². The first-order valence-electron chi connectivity index (χ1n) is 6.10. The zero-order chi connectivity index (χ0) is 15.4. The van der Waals surface area contributed by atoms with Crippen molar-refractivity contribution in [3.63, 3.8) is 0 Å². The smallest absolute Gasteiger partial charge is 0.328 e. The van der Waals surface area contributed by atoms with Crippen molar-refractivity contribution in [2.75, 3.05) is 12.3 Å². The average Bonchev–Trinajstić information content (AvgIpc) is 2.41. The van der Waals surface area contributed by atoms with Crippen molar-refractivity contribution in [2.24, 2.45) is 0 Å². The Kier molecular flexibility index (Phi) is 4.44. The predicted octanol–water partition coefficient (Wildman–Crippen LogP) is 0.202. The fourth-order valence-corrected chi connectivity index (χ4v) is 1.93. The topological polar surface area (TPSA) is 110 Å². The van der Waals surface area contributed by atoms with E-state index in [0.29, 0.717) is 10.6 Å². The summed E-state index contributed by atoms with van der Waals surface area (Å²) in [5.74, 6) is -0.360. The fraction of sp³-hybridized carbons (Fsp3) is 0.154. The number of benzene rings is 1. The molecule has 4 N–H and O–H groups in total. The standard InChI is InChI=1S/C13H13ClN4O3/c14-8-1-2-9(10(15)7-8)12(20)16-4-6-18-5-3-11(19)17-13(18)21/h1-3,5,7H,4,6,15H2,(H,16,20)(H,17,19,21). The Hall–Kier alpha value is -2.54. The van der Waals surface area contributed by atoms with E-state index in [2.05, 4.69) is 10.3 Å². The number of aromatic nitrogens is 2. The van der Waals surface area contributed by atoms with E-state index < -0.39 is 11.2 Å². The first-order chi connectivity index (χ1) is 9.97. The third kappa shape index (κ3) is 3.73. The van der Waals surface area contributed by atoms with Gasteiger partial charge in [-0.3, -0.25) is 19.1 Å². The molecule has 0 saturated heterocycles. The summed E-state index contributed by atoms with van der Waals surface area (Å²) in [4.78, 5) is 36.4. The first-order valence-corrected chi connectivity index (χ1v) is 6.48. The van der Waals surface area contributed by atoms with Crippen LogP contribution in [0.5, 0.6) is 0 Å². The van der Waals surface area contributed by atoms with E-state index in [0.717, 1.165) is 0 Å². The summed E-state index contributed by atoms with van der Waals surface area (Å²) in [5, 5.41) is 3.08. The Labute approximate surface area is 124 Å². The van der Waals surface area contributed by atoms with Crippen LogP contribution in [0.1, 0.15) is 10.4 Å². The van der Waals surface area contributed by atoms with Gasteiger partial charge in [-0.15, -0.1) is 0 Å². The lowest BCUT2D eigenvalue weighted by atomic mass is 10.1. The molecule has 0 unspecified atom stereocenters. The number of halogens is 1. The summed E-state index contributed by atoms with van der Waals surface area (Å²) in [6.45, 7) is 0.446. The van der Waals surface area contributed by atoms with Gasteiger partial charge < -0.3 is 11.1 Å². The number of rotatable bonds is 4. The van der Waals surface area contributed by atoms with Gasteiger partial charge in [-0.1, -0.05) is 11.6 Å². The lowest BCUT2D eigenvalue weighted by Gasteiger charge is -2.08. The molecule has 1 amide bonds. The zero-order valence-corrected chi connectivity index (χ0v) is 11.7. The van der Waals surface area contributed by atoms with Crippen molar-refractivity contribution < 1.29 is 4.79 Å². The molecule has 2 rings (SSSR count). The second-order valence-electron chi connectivity index (χ2n) is 4.29. The summed E-state index contributed by atoms with van der Waals surface area (Å²) in [5.41, 5.74) is 5.31. The molecular formula is C13H13ClN4O3. The monoisotopic (exact) mass is 308 g/mol. The van der Waals surface area contributed by atoms with Crippen molar-refractivity contribution in [1.29, 1.82) is 0 Å². The number of amides is 1. The van der Waals surface area contributed by atoms with Crippen LogP contribution in [-0.2, 0) is 6.54 Å². The third-order valence-corrected chi connectivity index (χ3v) is 3.03. The second kappa shape index (κ2) is 6.27. The van der Waals surface area contributed by atoms with Gasteiger partial charge in [0, 0.05) is 36.1 Å². The van der Waals surface area contributed by atoms with E-state index in [9.17, 15) is 14.4 Å². The first kappa shape index (κ1) is 14.9. The number of aromatic amines is 1. The van der Waals surface area contributed by atoms with Gasteiger partial charge in [-0.2, -0.15) is 0 Å². The summed E-state index contributed by atoms with van der Waals surface area (Å²) in [7, 11) is 0. The molecule has 7 nitrogen and oxygen atoms in total. The largest absolute Gasteiger partial charge is 0.398 e.